The second kappa shape index (κ2) is 5.28. The fourth-order valence-corrected chi connectivity index (χ4v) is 3.89. The van der Waals surface area contributed by atoms with Crippen LogP contribution in [0.2, 0.25) is 0 Å². The highest BCUT2D eigenvalue weighted by molar-refractivity contribution is 6.17. The third-order valence-electron chi connectivity index (χ3n) is 5.43. The molecule has 5 aromatic rings. The van der Waals surface area contributed by atoms with E-state index in [0.717, 1.165) is 55.2 Å². The number of benzene rings is 2. The molecule has 0 fully saturated rings. The van der Waals surface area contributed by atoms with E-state index in [9.17, 15) is 0 Å². The lowest BCUT2D eigenvalue weighted by Crippen LogP contribution is -1.97. The molecule has 3 heterocycles. The summed E-state index contributed by atoms with van der Waals surface area (Å²) < 4.78 is 10.6. The van der Waals surface area contributed by atoms with Gasteiger partial charge < -0.3 is 0 Å². The van der Waals surface area contributed by atoms with Crippen LogP contribution in [0.15, 0.2) is 48.7 Å². The van der Waals surface area contributed by atoms with Crippen LogP contribution in [0, 0.1) is 13.8 Å². The minimum Gasteiger partial charge on any atom is -0.294 e. The summed E-state index contributed by atoms with van der Waals surface area (Å²) in [5, 5.41) is 4.45. The van der Waals surface area contributed by atoms with Crippen LogP contribution in [0.25, 0.3) is 38.2 Å². The van der Waals surface area contributed by atoms with Gasteiger partial charge in [-0.25, -0.2) is 4.98 Å². The van der Waals surface area contributed by atoms with Crippen molar-refractivity contribution in [1.29, 1.82) is 0 Å². The minimum absolute atomic E-state index is 0.636. The van der Waals surface area contributed by atoms with Gasteiger partial charge in [0.2, 0.25) is 0 Å². The van der Waals surface area contributed by atoms with Crippen molar-refractivity contribution in [2.24, 2.45) is 0 Å². The fraction of sp³-hybridized carbons (Fsp3) is 0.217. The first kappa shape index (κ1) is 14.3. The van der Waals surface area contributed by atoms with Crippen molar-refractivity contribution in [2.75, 3.05) is 0 Å². The maximum Gasteiger partial charge on any atom is 0.145 e. The summed E-state index contributed by atoms with van der Waals surface area (Å²) in [5.74, 6) is -0.636. The molecule has 2 aromatic carbocycles. The zero-order chi connectivity index (χ0) is 18.9. The number of aryl methyl sites for hydroxylation is 2. The summed E-state index contributed by atoms with van der Waals surface area (Å²) in [7, 11) is 0. The zero-order valence-corrected chi connectivity index (χ0v) is 15.5. The number of pyridine rings is 2. The van der Waals surface area contributed by atoms with Gasteiger partial charge in [-0.2, -0.15) is 0 Å². The molecule has 0 saturated carbocycles. The number of nitrogens with zero attached hydrogens (tertiary/aromatic N) is 3. The van der Waals surface area contributed by atoms with Crippen LogP contribution in [0.5, 0.6) is 0 Å². The predicted molar refractivity (Wildman–Crippen MR) is 109 cm³/mol. The normalized spacial score (nSPS) is 13.2. The van der Waals surface area contributed by atoms with E-state index in [-0.39, 0.29) is 0 Å². The summed E-state index contributed by atoms with van der Waals surface area (Å²) in [6.07, 6.45) is 1.93. The van der Waals surface area contributed by atoms with E-state index in [2.05, 4.69) is 60.7 Å². The van der Waals surface area contributed by atoms with Crippen LogP contribution < -0.4 is 0 Å². The van der Waals surface area contributed by atoms with Gasteiger partial charge >= 0.3 is 0 Å². The Kier molecular flexibility index (Phi) is 2.89. The van der Waals surface area contributed by atoms with Crippen LogP contribution in [-0.2, 0) is 0 Å². The van der Waals surface area contributed by atoms with E-state index in [4.69, 9.17) is 11.3 Å². The Bertz CT molecular complexity index is 1370. The van der Waals surface area contributed by atoms with Gasteiger partial charge in [0, 0.05) is 34.8 Å². The third kappa shape index (κ3) is 1.94. The Labute approximate surface area is 153 Å². The third-order valence-corrected chi connectivity index (χ3v) is 5.43. The van der Waals surface area contributed by atoms with E-state index in [0.29, 0.717) is 0 Å². The summed E-state index contributed by atoms with van der Waals surface area (Å²) in [4.78, 5) is 9.71. The van der Waals surface area contributed by atoms with Crippen LogP contribution >= 0.6 is 0 Å². The summed E-state index contributed by atoms with van der Waals surface area (Å²) in [5.41, 5.74) is 6.23. The second-order valence-electron chi connectivity index (χ2n) is 7.24. The van der Waals surface area contributed by atoms with Gasteiger partial charge in [0.15, 0.2) is 0 Å². The molecule has 0 saturated heterocycles. The van der Waals surface area contributed by atoms with Crippen LogP contribution in [-0.4, -0.2) is 14.4 Å². The maximum atomic E-state index is 8.35. The number of fused-ring (bicyclic) bond motifs is 8. The van der Waals surface area contributed by atoms with Crippen LogP contribution in [0.3, 0.4) is 0 Å². The molecule has 0 radical (unpaired) electrons. The first-order chi connectivity index (χ1) is 12.9. The standard InChI is InChI=1S/C23H21N3/c1-13(2)16-9-10-18-17(11-16)12-24-21-19-7-5-6-8-20(19)23-25-14(3)15(4)26(23)22(18)21/h5-13H,1-4H3/i13D. The Hall–Kier alpha value is -2.94. The lowest BCUT2D eigenvalue weighted by Gasteiger charge is -2.13. The number of aromatic nitrogens is 3. The Morgan fingerprint density at radius 3 is 2.54 bits per heavy atom. The molecule has 26 heavy (non-hydrogen) atoms. The molecule has 0 atom stereocenters. The molecule has 0 amide bonds. The van der Waals surface area contributed by atoms with E-state index in [1.807, 2.05) is 20.0 Å². The van der Waals surface area contributed by atoms with Crippen LogP contribution in [0.4, 0.5) is 0 Å². The quantitative estimate of drug-likeness (QED) is 0.354. The highest BCUT2D eigenvalue weighted by Gasteiger charge is 2.16. The van der Waals surface area contributed by atoms with Gasteiger partial charge in [-0.05, 0) is 31.4 Å². The number of hydrogen-bond donors (Lipinski definition) is 0. The van der Waals surface area contributed by atoms with Crippen molar-refractivity contribution in [1.82, 2.24) is 14.4 Å². The Balaban J connectivity index is 2.07. The topological polar surface area (TPSA) is 30.2 Å². The molecular formula is C23H21N3. The van der Waals surface area contributed by atoms with Crippen molar-refractivity contribution in [3.63, 3.8) is 0 Å². The lowest BCUT2D eigenvalue weighted by molar-refractivity contribution is 0.869. The average Bonchev–Trinajstić information content (AvgIpc) is 2.95. The first-order valence-corrected chi connectivity index (χ1v) is 8.95. The minimum atomic E-state index is -0.636. The maximum absolute atomic E-state index is 8.35. The Morgan fingerprint density at radius 1 is 1.00 bits per heavy atom. The number of imidazole rings is 1. The molecule has 5 rings (SSSR count). The molecule has 3 aromatic heterocycles. The largest absolute Gasteiger partial charge is 0.294 e. The molecule has 0 aliphatic carbocycles. The SMILES string of the molecule is [2H]C(C)(C)c1ccc2c(cnc3c4ccccc4c4nc(C)c(C)n4c23)c1. The molecule has 128 valence electrons. The second-order valence-corrected chi connectivity index (χ2v) is 7.24. The molecule has 0 aliphatic heterocycles. The van der Waals surface area contributed by atoms with Crippen molar-refractivity contribution >= 4 is 38.2 Å². The van der Waals surface area contributed by atoms with Crippen molar-refractivity contribution in [3.8, 4) is 0 Å². The Morgan fingerprint density at radius 2 is 1.77 bits per heavy atom. The number of rotatable bonds is 1. The number of hydrogen-bond acceptors (Lipinski definition) is 2. The van der Waals surface area contributed by atoms with E-state index in [1.54, 1.807) is 0 Å². The van der Waals surface area contributed by atoms with Gasteiger partial charge in [-0.1, -0.05) is 50.2 Å². The molecule has 0 unspecified atom stereocenters. The zero-order valence-electron chi connectivity index (χ0n) is 16.5. The summed E-state index contributed by atoms with van der Waals surface area (Å²) in [6, 6.07) is 14.6. The van der Waals surface area contributed by atoms with E-state index >= 15 is 0 Å². The molecule has 3 nitrogen and oxygen atoms in total. The molecule has 0 bridgehead atoms. The van der Waals surface area contributed by atoms with Gasteiger partial charge in [0.05, 0.1) is 16.7 Å². The molecule has 0 aliphatic rings. The van der Waals surface area contributed by atoms with Crippen LogP contribution in [0.1, 0.15) is 38.1 Å². The molecule has 0 spiro atoms. The van der Waals surface area contributed by atoms with Gasteiger partial charge in [0.1, 0.15) is 5.65 Å². The molecule has 0 N–H and O–H groups in total. The smallest absolute Gasteiger partial charge is 0.145 e. The highest BCUT2D eigenvalue weighted by Crippen LogP contribution is 2.34. The van der Waals surface area contributed by atoms with Gasteiger partial charge in [-0.15, -0.1) is 0 Å². The lowest BCUT2D eigenvalue weighted by atomic mass is 9.99. The van der Waals surface area contributed by atoms with Crippen molar-refractivity contribution in [3.05, 3.63) is 65.6 Å². The van der Waals surface area contributed by atoms with E-state index < -0.39 is 5.89 Å². The summed E-state index contributed by atoms with van der Waals surface area (Å²) >= 11 is 0. The van der Waals surface area contributed by atoms with E-state index in [1.165, 1.54) is 0 Å². The van der Waals surface area contributed by atoms with Gasteiger partial charge in [-0.3, -0.25) is 9.38 Å². The molecular weight excluding hydrogens is 318 g/mol. The first-order valence-electron chi connectivity index (χ1n) is 9.45. The monoisotopic (exact) mass is 340 g/mol. The summed E-state index contributed by atoms with van der Waals surface area (Å²) in [6.45, 7) is 8.00. The highest BCUT2D eigenvalue weighted by atomic mass is 15.0. The van der Waals surface area contributed by atoms with Crippen molar-refractivity contribution < 1.29 is 1.37 Å². The van der Waals surface area contributed by atoms with Crippen molar-refractivity contribution in [2.45, 2.75) is 33.6 Å². The fourth-order valence-electron chi connectivity index (χ4n) is 3.89. The predicted octanol–water partition coefficient (Wildman–Crippen LogP) is 5.93. The molecule has 3 heteroatoms. The van der Waals surface area contributed by atoms with Gasteiger partial charge in [0.25, 0.3) is 0 Å². The average molecular weight is 340 g/mol.